The molecule has 0 aromatic carbocycles. The highest BCUT2D eigenvalue weighted by Gasteiger charge is 2.20. The summed E-state index contributed by atoms with van der Waals surface area (Å²) in [5, 5.41) is 16.7. The normalized spacial score (nSPS) is 12.2. The summed E-state index contributed by atoms with van der Waals surface area (Å²) in [5.74, 6) is 0.0432. The Morgan fingerprint density at radius 2 is 2.21 bits per heavy atom. The minimum atomic E-state index is -0.586. The van der Waals surface area contributed by atoms with E-state index in [9.17, 15) is 9.90 Å². The molecule has 2 N–H and O–H groups in total. The molecule has 0 saturated carbocycles. The zero-order valence-corrected chi connectivity index (χ0v) is 17.8. The van der Waals surface area contributed by atoms with Gasteiger partial charge in [-0.05, 0) is 32.4 Å². The third-order valence-corrected chi connectivity index (χ3v) is 5.48. The number of aryl methyl sites for hydroxylation is 2. The maximum Gasteiger partial charge on any atom is 0.254 e. The maximum atomic E-state index is 12.6. The van der Waals surface area contributed by atoms with Crippen molar-refractivity contribution >= 4 is 17.2 Å². The van der Waals surface area contributed by atoms with Gasteiger partial charge in [0.15, 0.2) is 0 Å². The maximum absolute atomic E-state index is 12.6. The second-order valence-corrected chi connectivity index (χ2v) is 8.15. The van der Waals surface area contributed by atoms with Gasteiger partial charge < -0.3 is 15.2 Å². The molecule has 0 unspecified atom stereocenters. The van der Waals surface area contributed by atoms with Crippen LogP contribution in [-0.4, -0.2) is 50.5 Å². The van der Waals surface area contributed by atoms with Crippen LogP contribution in [0.2, 0.25) is 0 Å². The number of amides is 1. The summed E-state index contributed by atoms with van der Waals surface area (Å²) < 4.78 is 6.80. The molecular formula is C20H25N5O3S. The van der Waals surface area contributed by atoms with Crippen LogP contribution in [0.4, 0.5) is 0 Å². The van der Waals surface area contributed by atoms with E-state index in [0.29, 0.717) is 23.6 Å². The van der Waals surface area contributed by atoms with Gasteiger partial charge in [0.05, 0.1) is 35.9 Å². The number of hydrogen-bond donors (Lipinski definition) is 2. The number of ether oxygens (including phenoxy) is 1. The third-order valence-electron chi connectivity index (χ3n) is 4.51. The first-order valence-electron chi connectivity index (χ1n) is 9.37. The quantitative estimate of drug-likeness (QED) is 0.586. The zero-order valence-electron chi connectivity index (χ0n) is 17.0. The molecule has 0 aliphatic carbocycles. The van der Waals surface area contributed by atoms with Gasteiger partial charge in [-0.25, -0.2) is 9.97 Å². The van der Waals surface area contributed by atoms with E-state index in [4.69, 9.17) is 4.74 Å². The van der Waals surface area contributed by atoms with Crippen molar-refractivity contribution in [2.75, 3.05) is 13.7 Å². The van der Waals surface area contributed by atoms with Gasteiger partial charge in [-0.1, -0.05) is 6.92 Å². The largest absolute Gasteiger partial charge is 0.391 e. The number of nitrogens with zero attached hydrogens (tertiary/aromatic N) is 4. The molecule has 0 radical (unpaired) electrons. The molecule has 0 aliphatic rings. The van der Waals surface area contributed by atoms with Crippen molar-refractivity contribution in [2.45, 2.75) is 39.9 Å². The van der Waals surface area contributed by atoms with Gasteiger partial charge in [0.1, 0.15) is 0 Å². The first kappa shape index (κ1) is 21.1. The number of thiophene rings is 1. The third kappa shape index (κ3) is 4.69. The van der Waals surface area contributed by atoms with Crippen molar-refractivity contribution in [3.63, 3.8) is 0 Å². The Labute approximate surface area is 173 Å². The average Bonchev–Trinajstić information content (AvgIpc) is 3.28. The van der Waals surface area contributed by atoms with Crippen LogP contribution in [-0.2, 0) is 11.3 Å². The number of aliphatic hydroxyl groups is 1. The van der Waals surface area contributed by atoms with Gasteiger partial charge in [-0.3, -0.25) is 4.79 Å². The summed E-state index contributed by atoms with van der Waals surface area (Å²) in [6.45, 7) is 6.32. The Morgan fingerprint density at radius 1 is 1.41 bits per heavy atom. The molecule has 1 atom stereocenters. The molecule has 3 aromatic heterocycles. The summed E-state index contributed by atoms with van der Waals surface area (Å²) in [4.78, 5) is 24.0. The smallest absolute Gasteiger partial charge is 0.254 e. The lowest BCUT2D eigenvalue weighted by Gasteiger charge is -2.11. The highest BCUT2D eigenvalue weighted by Crippen LogP contribution is 2.29. The van der Waals surface area contributed by atoms with E-state index in [1.807, 2.05) is 13.0 Å². The Bertz CT molecular complexity index is 998. The lowest BCUT2D eigenvalue weighted by Crippen LogP contribution is -2.32. The van der Waals surface area contributed by atoms with E-state index in [1.54, 1.807) is 24.6 Å². The number of aliphatic hydroxyl groups excluding tert-OH is 1. The summed E-state index contributed by atoms with van der Waals surface area (Å²) in [6.07, 6.45) is 3.13. The molecule has 8 nitrogen and oxygen atoms in total. The number of carbonyl (C=O) groups is 1. The number of rotatable bonds is 8. The molecule has 0 fully saturated rings. The fourth-order valence-corrected chi connectivity index (χ4v) is 3.88. The minimum Gasteiger partial charge on any atom is -0.391 e. The Kier molecular flexibility index (Phi) is 6.73. The highest BCUT2D eigenvalue weighted by molar-refractivity contribution is 7.12. The van der Waals surface area contributed by atoms with Crippen LogP contribution >= 0.6 is 11.3 Å². The van der Waals surface area contributed by atoms with Crippen molar-refractivity contribution < 1.29 is 14.6 Å². The monoisotopic (exact) mass is 415 g/mol. The minimum absolute atomic E-state index is 0.170. The van der Waals surface area contributed by atoms with Crippen molar-refractivity contribution in [3.05, 3.63) is 45.5 Å². The number of methoxy groups -OCH3 is 1. The molecule has 9 heteroatoms. The molecule has 0 aliphatic heterocycles. The van der Waals surface area contributed by atoms with Crippen molar-refractivity contribution in [2.24, 2.45) is 0 Å². The van der Waals surface area contributed by atoms with E-state index in [0.717, 1.165) is 11.3 Å². The topological polar surface area (TPSA) is 102 Å². The fraction of sp³-hybridized carbons (Fsp3) is 0.400. The Hall–Kier alpha value is -2.62. The molecule has 3 heterocycles. The van der Waals surface area contributed by atoms with Crippen LogP contribution in [0.3, 0.4) is 0 Å². The van der Waals surface area contributed by atoms with Gasteiger partial charge in [-0.15, -0.1) is 11.3 Å². The van der Waals surface area contributed by atoms with Crippen LogP contribution in [0.1, 0.15) is 39.2 Å². The summed E-state index contributed by atoms with van der Waals surface area (Å²) in [6, 6.07) is 3.96. The lowest BCUT2D eigenvalue weighted by atomic mass is 10.2. The van der Waals surface area contributed by atoms with Gasteiger partial charge in [-0.2, -0.15) is 9.78 Å². The second kappa shape index (κ2) is 9.25. The summed E-state index contributed by atoms with van der Waals surface area (Å²) >= 11 is 1.72. The number of hydrogen-bond acceptors (Lipinski definition) is 7. The molecule has 29 heavy (non-hydrogen) atoms. The fourth-order valence-electron chi connectivity index (χ4n) is 2.95. The van der Waals surface area contributed by atoms with E-state index >= 15 is 0 Å². The number of carbonyl (C=O) groups excluding carboxylic acids is 1. The van der Waals surface area contributed by atoms with Gasteiger partial charge in [0.2, 0.25) is 0 Å². The van der Waals surface area contributed by atoms with Crippen molar-refractivity contribution in [1.82, 2.24) is 25.1 Å². The zero-order chi connectivity index (χ0) is 21.0. The first-order chi connectivity index (χ1) is 13.9. The molecule has 1 amide bonds. The molecule has 3 rings (SSSR count). The summed E-state index contributed by atoms with van der Waals surface area (Å²) in [7, 11) is 1.55. The lowest BCUT2D eigenvalue weighted by molar-refractivity contribution is 0.0909. The Morgan fingerprint density at radius 3 is 2.86 bits per heavy atom. The predicted octanol–water partition coefficient (Wildman–Crippen LogP) is 2.65. The van der Waals surface area contributed by atoms with Crippen LogP contribution in [0, 0.1) is 13.8 Å². The Balaban J connectivity index is 1.95. The molecule has 3 aromatic rings. The highest BCUT2D eigenvalue weighted by atomic mass is 32.1. The van der Waals surface area contributed by atoms with Crippen LogP contribution in [0.25, 0.3) is 17.2 Å². The summed E-state index contributed by atoms with van der Waals surface area (Å²) in [5.41, 5.74) is 2.77. The van der Waals surface area contributed by atoms with Crippen molar-refractivity contribution in [3.8, 4) is 17.2 Å². The first-order valence-corrected chi connectivity index (χ1v) is 10.2. The van der Waals surface area contributed by atoms with Gasteiger partial charge in [0.25, 0.3) is 11.9 Å². The van der Waals surface area contributed by atoms with Crippen LogP contribution in [0.15, 0.2) is 24.5 Å². The van der Waals surface area contributed by atoms with Crippen molar-refractivity contribution in [1.29, 1.82) is 0 Å². The molecule has 154 valence electrons. The van der Waals surface area contributed by atoms with Crippen LogP contribution < -0.4 is 5.32 Å². The van der Waals surface area contributed by atoms with Gasteiger partial charge >= 0.3 is 0 Å². The average molecular weight is 416 g/mol. The SMILES string of the molecule is CC[C@@H](O)CNC(=O)c1cnn(-c2nccc(-c3cc(C)sc3C)n2)c1COC. The van der Waals surface area contributed by atoms with Gasteiger partial charge in [0, 0.05) is 35.2 Å². The van der Waals surface area contributed by atoms with E-state index in [1.165, 1.54) is 20.6 Å². The van der Waals surface area contributed by atoms with Crippen LogP contribution in [0.5, 0.6) is 0 Å². The van der Waals surface area contributed by atoms with E-state index < -0.39 is 6.10 Å². The second-order valence-electron chi connectivity index (χ2n) is 6.69. The molecule has 0 bridgehead atoms. The molecule has 0 spiro atoms. The molecule has 0 saturated heterocycles. The number of aromatic nitrogens is 4. The van der Waals surface area contributed by atoms with E-state index in [-0.39, 0.29) is 19.1 Å². The standard InChI is InChI=1S/C20H25N5O3S/c1-5-14(26)9-22-19(27)16-10-23-25(18(16)11-28-4)20-21-7-6-17(24-20)15-8-12(2)29-13(15)3/h6-8,10,14,26H,5,9,11H2,1-4H3,(H,22,27)/t14-/m1/s1. The van der Waals surface area contributed by atoms with E-state index in [2.05, 4.69) is 40.3 Å². The molecular weight excluding hydrogens is 390 g/mol. The predicted molar refractivity (Wildman–Crippen MR) is 111 cm³/mol. The number of nitrogens with one attached hydrogen (secondary N) is 1.